The molecule has 6 aromatic carbocycles. The van der Waals surface area contributed by atoms with Gasteiger partial charge in [-0.3, -0.25) is 0 Å². The van der Waals surface area contributed by atoms with Crippen molar-refractivity contribution in [3.05, 3.63) is 239 Å². The lowest BCUT2D eigenvalue weighted by Crippen LogP contribution is -2.46. The van der Waals surface area contributed by atoms with Gasteiger partial charge in [-0.05, 0) is 40.3 Å². The summed E-state index contributed by atoms with van der Waals surface area (Å²) in [5.41, 5.74) is 4.71. The maximum Gasteiger partial charge on any atom is 0.384 e. The fraction of sp³-hybridized carbons (Fsp3) is 0.354. The van der Waals surface area contributed by atoms with Crippen molar-refractivity contribution < 1.29 is 77.0 Å². The molecule has 7 rings (SSSR count). The van der Waals surface area contributed by atoms with E-state index in [0.29, 0.717) is 11.1 Å². The van der Waals surface area contributed by atoms with Gasteiger partial charge in [0.1, 0.15) is 36.9 Å². The van der Waals surface area contributed by atoms with E-state index in [1.165, 1.54) is 7.11 Å². The summed E-state index contributed by atoms with van der Waals surface area (Å²) >= 11 is 0. The minimum absolute atomic E-state index is 0.0741. The Labute approximate surface area is 474 Å². The monoisotopic (exact) mass is 1110 g/mol. The Hall–Kier alpha value is -7.06. The molecule has 3 N–H and O–H groups in total. The van der Waals surface area contributed by atoms with Crippen LogP contribution in [0.1, 0.15) is 67.0 Å². The van der Waals surface area contributed by atoms with Crippen LogP contribution in [0.25, 0.3) is 0 Å². The van der Waals surface area contributed by atoms with E-state index in [0.717, 1.165) is 34.4 Å². The van der Waals surface area contributed by atoms with Gasteiger partial charge >= 0.3 is 17.7 Å². The lowest BCUT2D eigenvalue weighted by Gasteiger charge is -2.31. The van der Waals surface area contributed by atoms with Crippen molar-refractivity contribution in [1.29, 1.82) is 0 Å². The predicted octanol–water partition coefficient (Wildman–Crippen LogP) is 9.58. The van der Waals surface area contributed by atoms with Gasteiger partial charge in [-0.1, -0.05) is 182 Å². The van der Waals surface area contributed by atoms with E-state index in [1.54, 1.807) is 81.4 Å². The van der Waals surface area contributed by atoms with Crippen molar-refractivity contribution in [1.82, 2.24) is 0 Å². The van der Waals surface area contributed by atoms with Crippen molar-refractivity contribution >= 4 is 11.9 Å². The van der Waals surface area contributed by atoms with Crippen LogP contribution in [0.4, 0.5) is 0 Å². The first kappa shape index (κ1) is 61.6. The van der Waals surface area contributed by atoms with E-state index in [9.17, 15) is 24.9 Å². The molecule has 16 heteroatoms. The molecule has 0 amide bonds. The minimum Gasteiger partial charge on any atom is -0.465 e. The SMILES string of the molecule is COC(C)COC(O)(/C=C(/OC(O)(/C=C1/OC(C)(C)OC1C[C@@H](COCc1ccccc1)OCc1ccccc1)C(=O)OCc1ccccc1)C(O)C[C@@H](COCc1ccccc1)OCc1ccccc1)C(=O)OCc1ccccc1. The molecule has 430 valence electrons. The highest BCUT2D eigenvalue weighted by Gasteiger charge is 2.48. The topological polar surface area (TPSA) is 196 Å². The molecule has 0 saturated carbocycles. The fourth-order valence-electron chi connectivity index (χ4n) is 8.39. The van der Waals surface area contributed by atoms with Crippen molar-refractivity contribution in [3.8, 4) is 0 Å². The zero-order valence-electron chi connectivity index (χ0n) is 46.3. The number of carbonyl (C=O) groups is 2. The van der Waals surface area contributed by atoms with Gasteiger partial charge < -0.3 is 67.4 Å². The molecule has 0 bridgehead atoms. The second kappa shape index (κ2) is 31.2. The first-order valence-electron chi connectivity index (χ1n) is 26.9. The van der Waals surface area contributed by atoms with Crippen LogP contribution in [0.2, 0.25) is 0 Å². The molecule has 0 radical (unpaired) electrons. The third kappa shape index (κ3) is 20.5. The molecule has 1 saturated heterocycles. The van der Waals surface area contributed by atoms with E-state index in [1.807, 2.05) is 121 Å². The molecule has 1 aliphatic rings. The number of methoxy groups -OCH3 is 1. The number of hydrogen-bond donors (Lipinski definition) is 3. The number of aliphatic hydroxyl groups is 3. The van der Waals surface area contributed by atoms with E-state index in [-0.39, 0.29) is 78.1 Å². The number of esters is 2. The number of hydrogen-bond acceptors (Lipinski definition) is 16. The van der Waals surface area contributed by atoms with Crippen LogP contribution >= 0.6 is 0 Å². The van der Waals surface area contributed by atoms with E-state index in [2.05, 4.69) is 0 Å². The number of rotatable bonds is 33. The summed E-state index contributed by atoms with van der Waals surface area (Å²) in [4.78, 5) is 29.2. The van der Waals surface area contributed by atoms with Crippen LogP contribution in [0.5, 0.6) is 0 Å². The van der Waals surface area contributed by atoms with Crippen LogP contribution in [-0.4, -0.2) is 102 Å². The van der Waals surface area contributed by atoms with Gasteiger partial charge in [0, 0.05) is 46.0 Å². The molecule has 1 heterocycles. The van der Waals surface area contributed by atoms with Crippen LogP contribution in [0, 0.1) is 0 Å². The van der Waals surface area contributed by atoms with E-state index >= 15 is 0 Å². The van der Waals surface area contributed by atoms with E-state index in [4.69, 9.17) is 52.1 Å². The molecule has 0 aromatic heterocycles. The molecule has 1 aliphatic heterocycles. The molecule has 5 unspecified atom stereocenters. The summed E-state index contributed by atoms with van der Waals surface area (Å²) in [6, 6.07) is 55.6. The molecule has 6 aromatic rings. The van der Waals surface area contributed by atoms with Crippen LogP contribution < -0.4 is 0 Å². The zero-order valence-corrected chi connectivity index (χ0v) is 46.3. The number of aliphatic hydroxyl groups excluding tert-OH is 1. The number of benzene rings is 6. The third-order valence-corrected chi connectivity index (χ3v) is 12.8. The average Bonchev–Trinajstić information content (AvgIpc) is 3.78. The maximum atomic E-state index is 14.8. The van der Waals surface area contributed by atoms with Crippen molar-refractivity contribution in [2.24, 2.45) is 0 Å². The summed E-state index contributed by atoms with van der Waals surface area (Å²) in [5.74, 6) is -11.1. The fourth-order valence-corrected chi connectivity index (χ4v) is 8.39. The zero-order chi connectivity index (χ0) is 57.3. The van der Waals surface area contributed by atoms with Gasteiger partial charge in [-0.15, -0.1) is 0 Å². The number of ether oxygens (including phenoxy) is 11. The van der Waals surface area contributed by atoms with Gasteiger partial charge in [0.2, 0.25) is 5.79 Å². The van der Waals surface area contributed by atoms with Gasteiger partial charge in [-0.25, -0.2) is 9.59 Å². The predicted molar refractivity (Wildman–Crippen MR) is 300 cm³/mol. The Balaban J connectivity index is 1.29. The third-order valence-electron chi connectivity index (χ3n) is 12.8. The van der Waals surface area contributed by atoms with Crippen LogP contribution in [0.15, 0.2) is 206 Å². The molecule has 0 spiro atoms. The second-order valence-electron chi connectivity index (χ2n) is 20.0. The van der Waals surface area contributed by atoms with Crippen molar-refractivity contribution in [3.63, 3.8) is 0 Å². The Morgan fingerprint density at radius 3 is 1.41 bits per heavy atom. The summed E-state index contributed by atoms with van der Waals surface area (Å²) in [7, 11) is 1.41. The highest BCUT2D eigenvalue weighted by Crippen LogP contribution is 2.37. The summed E-state index contributed by atoms with van der Waals surface area (Å²) < 4.78 is 67.2. The minimum atomic E-state index is -3.22. The second-order valence-corrected chi connectivity index (χ2v) is 20.0. The highest BCUT2D eigenvalue weighted by molar-refractivity contribution is 5.81. The first-order valence-corrected chi connectivity index (χ1v) is 26.9. The van der Waals surface area contributed by atoms with Crippen molar-refractivity contribution in [2.75, 3.05) is 26.9 Å². The standard InChI is InChI=1S/C65H74O16/c1-48(71-4)39-78-64(69,61(67)76-44-53-31-19-9-20-32-53)37-59(57(66)35-55(74-42-51-27-15-7-16-28-51)46-72-40-49-23-11-5-12-24-49)81-65(70,62(68)77-45-54-33-21-10-22-34-54)38-60-58(79-63(2,3)80-60)36-56(75-43-52-29-17-8-18-30-52)47-73-41-50-25-13-6-14-26-50/h5-34,37-38,48,55-58,66,69-70H,35-36,39-47H2,1-4H3/b59-37+,60-38+/t48?,55-,56-,57?,58?,64?,65?/m0/s1. The van der Waals surface area contributed by atoms with Gasteiger partial charge in [-0.2, -0.15) is 0 Å². The summed E-state index contributed by atoms with van der Waals surface area (Å²) in [5, 5.41) is 38.1. The summed E-state index contributed by atoms with van der Waals surface area (Å²) in [6.07, 6.45) is -3.72. The molecular formula is C65H74O16. The van der Waals surface area contributed by atoms with Crippen LogP contribution in [0.3, 0.4) is 0 Å². The highest BCUT2D eigenvalue weighted by atomic mass is 16.8. The smallest absolute Gasteiger partial charge is 0.384 e. The summed E-state index contributed by atoms with van der Waals surface area (Å²) in [6.45, 7) is 4.75. The normalized spacial score (nSPS) is 17.6. The average molecular weight is 1110 g/mol. The molecule has 0 aliphatic carbocycles. The van der Waals surface area contributed by atoms with E-state index < -0.39 is 65.6 Å². The molecule has 81 heavy (non-hydrogen) atoms. The Bertz CT molecular complexity index is 2840. The van der Waals surface area contributed by atoms with Gasteiger partial charge in [0.05, 0.1) is 64.6 Å². The maximum absolute atomic E-state index is 14.8. The number of carbonyl (C=O) groups excluding carboxylic acids is 2. The molecule has 1 fully saturated rings. The van der Waals surface area contributed by atoms with Crippen LogP contribution in [-0.2, 0) is 101 Å². The quantitative estimate of drug-likeness (QED) is 0.0200. The van der Waals surface area contributed by atoms with Crippen molar-refractivity contribution in [2.45, 2.75) is 121 Å². The molecular weight excluding hydrogens is 1040 g/mol. The van der Waals surface area contributed by atoms with Gasteiger partial charge in [0.15, 0.2) is 0 Å². The molecule has 7 atom stereocenters. The Kier molecular flexibility index (Phi) is 23.7. The lowest BCUT2D eigenvalue weighted by atomic mass is 10.1. The molecule has 16 nitrogen and oxygen atoms in total. The lowest BCUT2D eigenvalue weighted by molar-refractivity contribution is -0.221. The largest absolute Gasteiger partial charge is 0.465 e. The first-order chi connectivity index (χ1) is 39.2. The Morgan fingerprint density at radius 2 is 0.963 bits per heavy atom. The van der Waals surface area contributed by atoms with Gasteiger partial charge in [0.25, 0.3) is 5.79 Å². The Morgan fingerprint density at radius 1 is 0.568 bits per heavy atom.